The molecule has 7 heteroatoms. The second-order valence-corrected chi connectivity index (χ2v) is 3.90. The molecule has 7 nitrogen and oxygen atoms in total. The van der Waals surface area contributed by atoms with Crippen molar-refractivity contribution in [3.63, 3.8) is 0 Å². The maximum atomic E-state index is 9.52. The van der Waals surface area contributed by atoms with Gasteiger partial charge in [-0.05, 0) is 6.92 Å². The van der Waals surface area contributed by atoms with Crippen LogP contribution in [0, 0.1) is 0 Å². The van der Waals surface area contributed by atoms with Crippen LogP contribution in [0.1, 0.15) is 6.92 Å². The SMILES string of the molecule is C[C@]1(O)[C@@H](O)[C@H](O)[C@@H](O)C(N)(O)[C@@H]1O. The first-order chi connectivity index (χ1) is 6.13. The standard InChI is InChI=1S/C7H15NO6/c1-6(13)3(10)2(9)4(11)7(8,14)5(6)12/h2-5,9-14H,8H2,1H3/t2-,3-,4+,5+,6-,7?/m0/s1. The first-order valence-corrected chi connectivity index (χ1v) is 4.09. The van der Waals surface area contributed by atoms with Crippen LogP contribution in [0.15, 0.2) is 0 Å². The molecule has 0 aromatic heterocycles. The zero-order chi connectivity index (χ0) is 11.3. The molecule has 0 bridgehead atoms. The van der Waals surface area contributed by atoms with Crippen molar-refractivity contribution >= 4 is 0 Å². The zero-order valence-corrected chi connectivity index (χ0v) is 7.57. The van der Waals surface area contributed by atoms with E-state index in [1.54, 1.807) is 0 Å². The lowest BCUT2D eigenvalue weighted by Crippen LogP contribution is -2.78. The minimum Gasteiger partial charge on any atom is -0.387 e. The normalized spacial score (nSPS) is 60.0. The molecule has 1 saturated carbocycles. The summed E-state index contributed by atoms with van der Waals surface area (Å²) >= 11 is 0. The number of nitrogens with two attached hydrogens (primary N) is 1. The monoisotopic (exact) mass is 209 g/mol. The molecule has 0 aromatic rings. The Kier molecular flexibility index (Phi) is 2.62. The summed E-state index contributed by atoms with van der Waals surface area (Å²) < 4.78 is 0. The molecular weight excluding hydrogens is 194 g/mol. The fourth-order valence-electron chi connectivity index (χ4n) is 1.58. The highest BCUT2D eigenvalue weighted by atomic mass is 16.4. The quantitative estimate of drug-likeness (QED) is 0.200. The van der Waals surface area contributed by atoms with Crippen LogP contribution in [0.5, 0.6) is 0 Å². The lowest BCUT2D eigenvalue weighted by atomic mass is 9.73. The lowest BCUT2D eigenvalue weighted by Gasteiger charge is -2.50. The maximum absolute atomic E-state index is 9.52. The predicted octanol–water partition coefficient (Wildman–Crippen LogP) is -4.16. The largest absolute Gasteiger partial charge is 0.387 e. The lowest BCUT2D eigenvalue weighted by molar-refractivity contribution is -0.298. The van der Waals surface area contributed by atoms with Crippen LogP contribution >= 0.6 is 0 Å². The summed E-state index contributed by atoms with van der Waals surface area (Å²) in [6, 6.07) is 0. The van der Waals surface area contributed by atoms with Crippen LogP contribution in [-0.4, -0.2) is 66.4 Å². The Bertz CT molecular complexity index is 208. The molecule has 1 aliphatic rings. The second-order valence-electron chi connectivity index (χ2n) is 3.90. The van der Waals surface area contributed by atoms with Crippen molar-refractivity contribution in [1.29, 1.82) is 0 Å². The number of hydrogen-bond donors (Lipinski definition) is 7. The van der Waals surface area contributed by atoms with E-state index in [0.29, 0.717) is 0 Å². The van der Waals surface area contributed by atoms with Crippen LogP contribution < -0.4 is 5.73 Å². The van der Waals surface area contributed by atoms with Crippen molar-refractivity contribution in [1.82, 2.24) is 0 Å². The van der Waals surface area contributed by atoms with Gasteiger partial charge in [0.25, 0.3) is 0 Å². The van der Waals surface area contributed by atoms with Gasteiger partial charge in [-0.1, -0.05) is 0 Å². The fourth-order valence-corrected chi connectivity index (χ4v) is 1.58. The molecule has 1 unspecified atom stereocenters. The van der Waals surface area contributed by atoms with Gasteiger partial charge >= 0.3 is 0 Å². The molecule has 1 aliphatic carbocycles. The molecule has 84 valence electrons. The van der Waals surface area contributed by atoms with Gasteiger partial charge in [-0.25, -0.2) is 0 Å². The van der Waals surface area contributed by atoms with Crippen molar-refractivity contribution in [3.8, 4) is 0 Å². The highest BCUT2D eigenvalue weighted by Gasteiger charge is 2.61. The molecule has 1 rings (SSSR count). The van der Waals surface area contributed by atoms with Crippen molar-refractivity contribution < 1.29 is 30.6 Å². The summed E-state index contributed by atoms with van der Waals surface area (Å²) in [7, 11) is 0. The van der Waals surface area contributed by atoms with Gasteiger partial charge in [0.2, 0.25) is 0 Å². The van der Waals surface area contributed by atoms with Crippen molar-refractivity contribution in [2.45, 2.75) is 42.7 Å². The van der Waals surface area contributed by atoms with E-state index < -0.39 is 35.7 Å². The Labute approximate surface area is 80.0 Å². The molecule has 1 fully saturated rings. The molecule has 0 radical (unpaired) electrons. The average Bonchev–Trinajstić information content (AvgIpc) is 2.11. The molecule has 0 amide bonds. The Morgan fingerprint density at radius 2 is 1.43 bits per heavy atom. The van der Waals surface area contributed by atoms with Crippen molar-refractivity contribution in [2.75, 3.05) is 0 Å². The van der Waals surface area contributed by atoms with E-state index >= 15 is 0 Å². The summed E-state index contributed by atoms with van der Waals surface area (Å²) in [6.45, 7) is 0.995. The summed E-state index contributed by atoms with van der Waals surface area (Å²) in [5.41, 5.74) is 0.358. The van der Waals surface area contributed by atoms with E-state index in [1.807, 2.05) is 0 Å². The smallest absolute Gasteiger partial charge is 0.171 e. The van der Waals surface area contributed by atoms with Crippen LogP contribution in [0.25, 0.3) is 0 Å². The summed E-state index contributed by atoms with van der Waals surface area (Å²) in [5, 5.41) is 56.0. The Balaban J connectivity index is 3.09. The predicted molar refractivity (Wildman–Crippen MR) is 43.8 cm³/mol. The molecule has 8 N–H and O–H groups in total. The molecule has 0 aliphatic heterocycles. The fraction of sp³-hybridized carbons (Fsp3) is 1.00. The Morgan fingerprint density at radius 1 is 1.00 bits per heavy atom. The van der Waals surface area contributed by atoms with Gasteiger partial charge in [-0.15, -0.1) is 0 Å². The third kappa shape index (κ3) is 1.34. The third-order valence-corrected chi connectivity index (χ3v) is 2.71. The Morgan fingerprint density at radius 3 is 1.86 bits per heavy atom. The molecule has 14 heavy (non-hydrogen) atoms. The molecule has 0 aromatic carbocycles. The second kappa shape index (κ2) is 3.11. The van der Waals surface area contributed by atoms with E-state index in [4.69, 9.17) is 5.73 Å². The van der Waals surface area contributed by atoms with Crippen LogP contribution in [0.2, 0.25) is 0 Å². The zero-order valence-electron chi connectivity index (χ0n) is 7.57. The maximum Gasteiger partial charge on any atom is 0.171 e. The van der Waals surface area contributed by atoms with Gasteiger partial charge < -0.3 is 30.6 Å². The first kappa shape index (κ1) is 11.8. The summed E-state index contributed by atoms with van der Waals surface area (Å²) in [5.74, 6) is 0. The van der Waals surface area contributed by atoms with Crippen LogP contribution in [-0.2, 0) is 0 Å². The number of rotatable bonds is 0. The van der Waals surface area contributed by atoms with E-state index in [9.17, 15) is 30.6 Å². The molecule has 0 heterocycles. The van der Waals surface area contributed by atoms with Gasteiger partial charge in [-0.3, -0.25) is 5.73 Å². The van der Waals surface area contributed by atoms with Gasteiger partial charge in [-0.2, -0.15) is 0 Å². The van der Waals surface area contributed by atoms with E-state index in [1.165, 1.54) is 0 Å². The highest BCUT2D eigenvalue weighted by molar-refractivity contribution is 5.11. The van der Waals surface area contributed by atoms with Gasteiger partial charge in [0.05, 0.1) is 0 Å². The minimum absolute atomic E-state index is 0.995. The van der Waals surface area contributed by atoms with Crippen molar-refractivity contribution in [3.05, 3.63) is 0 Å². The first-order valence-electron chi connectivity index (χ1n) is 4.09. The van der Waals surface area contributed by atoms with E-state index in [0.717, 1.165) is 6.92 Å². The average molecular weight is 209 g/mol. The Hall–Kier alpha value is -0.280. The molecule has 0 saturated heterocycles. The van der Waals surface area contributed by atoms with Crippen molar-refractivity contribution in [2.24, 2.45) is 5.73 Å². The molecular formula is C7H15NO6. The van der Waals surface area contributed by atoms with E-state index in [-0.39, 0.29) is 0 Å². The van der Waals surface area contributed by atoms with Gasteiger partial charge in [0, 0.05) is 0 Å². The third-order valence-electron chi connectivity index (χ3n) is 2.71. The highest BCUT2D eigenvalue weighted by Crippen LogP contribution is 2.33. The topological polar surface area (TPSA) is 147 Å². The minimum atomic E-state index is -2.57. The van der Waals surface area contributed by atoms with Crippen LogP contribution in [0.4, 0.5) is 0 Å². The van der Waals surface area contributed by atoms with Gasteiger partial charge in [0.1, 0.15) is 30.0 Å². The van der Waals surface area contributed by atoms with Gasteiger partial charge in [0.15, 0.2) is 5.72 Å². The van der Waals surface area contributed by atoms with Crippen LogP contribution in [0.3, 0.4) is 0 Å². The summed E-state index contributed by atoms with van der Waals surface area (Å²) in [4.78, 5) is 0. The van der Waals surface area contributed by atoms with E-state index in [2.05, 4.69) is 0 Å². The summed E-state index contributed by atoms with van der Waals surface area (Å²) in [6.07, 6.45) is -7.53. The molecule has 6 atom stereocenters. The number of aliphatic hydroxyl groups is 6. The number of aliphatic hydroxyl groups excluding tert-OH is 4. The molecule has 0 spiro atoms. The number of hydrogen-bond acceptors (Lipinski definition) is 7.